The molecule has 0 aliphatic heterocycles. The molecule has 1 aromatic carbocycles. The second-order valence-electron chi connectivity index (χ2n) is 4.01. The maximum absolute atomic E-state index is 12.1. The van der Waals surface area contributed by atoms with E-state index in [2.05, 4.69) is 10.3 Å². The average molecular weight is 305 g/mol. The Bertz CT molecular complexity index is 730. The normalized spacial score (nSPS) is 10.7. The van der Waals surface area contributed by atoms with Crippen LogP contribution in [0.5, 0.6) is 5.75 Å². The van der Waals surface area contributed by atoms with Gasteiger partial charge in [0, 0.05) is 5.69 Å². The van der Waals surface area contributed by atoms with E-state index in [0.29, 0.717) is 10.0 Å². The fraction of sp³-hybridized carbons (Fsp3) is 0.0769. The zero-order valence-corrected chi connectivity index (χ0v) is 12.2. The maximum Gasteiger partial charge on any atom is 0.265 e. The van der Waals surface area contributed by atoms with E-state index >= 15 is 0 Å². The molecule has 7 heteroatoms. The highest BCUT2D eigenvalue weighted by molar-refractivity contribution is 7.29. The molecule has 0 spiro atoms. The average Bonchev–Trinajstić information content (AvgIpc) is 2.96. The molecule has 0 aliphatic carbocycles. The molecule has 1 amide bonds. The van der Waals surface area contributed by atoms with E-state index in [1.165, 1.54) is 22.7 Å². The Kier molecular flexibility index (Phi) is 3.29. The number of anilines is 2. The zero-order valence-electron chi connectivity index (χ0n) is 10.5. The third-order valence-electron chi connectivity index (χ3n) is 2.68. The van der Waals surface area contributed by atoms with Crippen molar-refractivity contribution < 1.29 is 9.53 Å². The van der Waals surface area contributed by atoms with Crippen molar-refractivity contribution in [2.75, 3.05) is 18.2 Å². The Morgan fingerprint density at radius 3 is 2.70 bits per heavy atom. The molecule has 3 aromatic rings. The summed E-state index contributed by atoms with van der Waals surface area (Å²) in [5.74, 6) is 0.600. The standard InChI is InChI=1S/C13H11N3O2S2/c1-18-8-4-2-7(3-5-8)15-11(17)9-6-10-12(19-9)16-13(14)20-10/h2-6H,1H3,(H2,14,16)(H,15,17). The lowest BCUT2D eigenvalue weighted by Crippen LogP contribution is -2.09. The number of nitrogens with zero attached hydrogens (tertiary/aromatic N) is 1. The lowest BCUT2D eigenvalue weighted by atomic mass is 10.3. The van der Waals surface area contributed by atoms with Crippen molar-refractivity contribution in [2.45, 2.75) is 0 Å². The van der Waals surface area contributed by atoms with Crippen LogP contribution in [0, 0.1) is 0 Å². The number of aromatic nitrogens is 1. The van der Waals surface area contributed by atoms with E-state index < -0.39 is 0 Å². The number of nitrogens with one attached hydrogen (secondary N) is 1. The lowest BCUT2D eigenvalue weighted by molar-refractivity contribution is 0.103. The summed E-state index contributed by atoms with van der Waals surface area (Å²) in [4.78, 5) is 17.7. The summed E-state index contributed by atoms with van der Waals surface area (Å²) < 4.78 is 6.01. The minimum absolute atomic E-state index is 0.149. The molecule has 0 atom stereocenters. The Hall–Kier alpha value is -2.12. The van der Waals surface area contributed by atoms with E-state index in [9.17, 15) is 4.79 Å². The molecule has 0 saturated heterocycles. The fourth-order valence-electron chi connectivity index (χ4n) is 1.73. The fourth-order valence-corrected chi connectivity index (χ4v) is 3.62. The summed E-state index contributed by atoms with van der Waals surface area (Å²) in [6.07, 6.45) is 0. The van der Waals surface area contributed by atoms with Gasteiger partial charge in [0.15, 0.2) is 5.13 Å². The Morgan fingerprint density at radius 1 is 1.30 bits per heavy atom. The van der Waals surface area contributed by atoms with Gasteiger partial charge in [-0.05, 0) is 30.3 Å². The zero-order chi connectivity index (χ0) is 14.1. The second-order valence-corrected chi connectivity index (χ2v) is 6.11. The molecule has 5 nitrogen and oxygen atoms in total. The van der Waals surface area contributed by atoms with Crippen molar-refractivity contribution in [1.29, 1.82) is 0 Å². The van der Waals surface area contributed by atoms with Crippen molar-refractivity contribution in [3.8, 4) is 5.75 Å². The monoisotopic (exact) mass is 305 g/mol. The topological polar surface area (TPSA) is 77.2 Å². The summed E-state index contributed by atoms with van der Waals surface area (Å²) in [6, 6.07) is 8.99. The van der Waals surface area contributed by atoms with E-state index in [4.69, 9.17) is 10.5 Å². The molecule has 2 aromatic heterocycles. The minimum Gasteiger partial charge on any atom is -0.497 e. The van der Waals surface area contributed by atoms with Gasteiger partial charge in [0.2, 0.25) is 0 Å². The van der Waals surface area contributed by atoms with Gasteiger partial charge in [-0.1, -0.05) is 11.3 Å². The molecule has 20 heavy (non-hydrogen) atoms. The Morgan fingerprint density at radius 2 is 2.05 bits per heavy atom. The first-order valence-electron chi connectivity index (χ1n) is 5.77. The van der Waals surface area contributed by atoms with Crippen LogP contribution in [0.2, 0.25) is 0 Å². The van der Waals surface area contributed by atoms with Gasteiger partial charge >= 0.3 is 0 Å². The van der Waals surface area contributed by atoms with Crippen molar-refractivity contribution in [3.05, 3.63) is 35.2 Å². The van der Waals surface area contributed by atoms with Crippen LogP contribution in [0.4, 0.5) is 10.8 Å². The molecule has 0 saturated carbocycles. The van der Waals surface area contributed by atoms with E-state index in [-0.39, 0.29) is 5.91 Å². The van der Waals surface area contributed by atoms with Crippen LogP contribution in [0.25, 0.3) is 9.53 Å². The van der Waals surface area contributed by atoms with E-state index in [1.54, 1.807) is 31.4 Å². The van der Waals surface area contributed by atoms with Crippen LogP contribution >= 0.6 is 22.7 Å². The van der Waals surface area contributed by atoms with Gasteiger partial charge in [-0.2, -0.15) is 0 Å². The van der Waals surface area contributed by atoms with Gasteiger partial charge in [-0.25, -0.2) is 4.98 Å². The van der Waals surface area contributed by atoms with Gasteiger partial charge < -0.3 is 15.8 Å². The molecule has 3 N–H and O–H groups in total. The van der Waals surface area contributed by atoms with Crippen LogP contribution in [-0.2, 0) is 0 Å². The maximum atomic E-state index is 12.1. The van der Waals surface area contributed by atoms with E-state index in [0.717, 1.165) is 21.0 Å². The number of carbonyl (C=O) groups is 1. The van der Waals surface area contributed by atoms with Crippen LogP contribution in [0.1, 0.15) is 9.67 Å². The third kappa shape index (κ3) is 2.45. The van der Waals surface area contributed by atoms with Crippen LogP contribution in [-0.4, -0.2) is 18.0 Å². The van der Waals surface area contributed by atoms with Gasteiger partial charge in [0.25, 0.3) is 5.91 Å². The first-order chi connectivity index (χ1) is 9.65. The van der Waals surface area contributed by atoms with Crippen LogP contribution in [0.3, 0.4) is 0 Å². The highest BCUT2D eigenvalue weighted by Gasteiger charge is 2.13. The first-order valence-corrected chi connectivity index (χ1v) is 7.40. The number of rotatable bonds is 3. The smallest absolute Gasteiger partial charge is 0.265 e. The van der Waals surface area contributed by atoms with E-state index in [1.807, 2.05) is 6.07 Å². The lowest BCUT2D eigenvalue weighted by Gasteiger charge is -2.04. The van der Waals surface area contributed by atoms with Crippen molar-refractivity contribution in [1.82, 2.24) is 4.98 Å². The number of amides is 1. The molecule has 0 aliphatic rings. The van der Waals surface area contributed by atoms with Crippen molar-refractivity contribution in [3.63, 3.8) is 0 Å². The molecular formula is C13H11N3O2S2. The second kappa shape index (κ2) is 5.10. The molecule has 0 fully saturated rings. The molecule has 0 unspecified atom stereocenters. The summed E-state index contributed by atoms with van der Waals surface area (Å²) in [5, 5.41) is 3.36. The minimum atomic E-state index is -0.149. The number of methoxy groups -OCH3 is 1. The number of nitrogen functional groups attached to an aromatic ring is 1. The predicted molar refractivity (Wildman–Crippen MR) is 82.9 cm³/mol. The van der Waals surface area contributed by atoms with Crippen LogP contribution < -0.4 is 15.8 Å². The number of carbonyl (C=O) groups excluding carboxylic acids is 1. The van der Waals surface area contributed by atoms with Crippen molar-refractivity contribution >= 4 is 48.9 Å². The van der Waals surface area contributed by atoms with Crippen molar-refractivity contribution in [2.24, 2.45) is 0 Å². The van der Waals surface area contributed by atoms with Gasteiger partial charge in [0.1, 0.15) is 10.6 Å². The number of benzene rings is 1. The molecular weight excluding hydrogens is 294 g/mol. The molecule has 2 heterocycles. The summed E-state index contributed by atoms with van der Waals surface area (Å²) in [5.41, 5.74) is 6.34. The third-order valence-corrected chi connectivity index (χ3v) is 4.67. The Balaban J connectivity index is 1.78. The van der Waals surface area contributed by atoms with Gasteiger partial charge in [0.05, 0.1) is 16.7 Å². The number of thiazole rings is 1. The number of hydrogen-bond acceptors (Lipinski definition) is 6. The molecule has 3 rings (SSSR count). The summed E-state index contributed by atoms with van der Waals surface area (Å²) in [7, 11) is 1.60. The Labute approximate surface area is 123 Å². The SMILES string of the molecule is COc1ccc(NC(=O)c2cc3sc(N)nc3s2)cc1. The predicted octanol–water partition coefficient (Wildman–Crippen LogP) is 3.20. The highest BCUT2D eigenvalue weighted by Crippen LogP contribution is 2.31. The van der Waals surface area contributed by atoms with Gasteiger partial charge in [-0.15, -0.1) is 11.3 Å². The van der Waals surface area contributed by atoms with Gasteiger partial charge in [-0.3, -0.25) is 4.79 Å². The highest BCUT2D eigenvalue weighted by atomic mass is 32.1. The number of nitrogens with two attached hydrogens (primary N) is 1. The molecule has 102 valence electrons. The first kappa shape index (κ1) is 12.9. The molecule has 0 bridgehead atoms. The molecule has 0 radical (unpaired) electrons. The summed E-state index contributed by atoms with van der Waals surface area (Å²) in [6.45, 7) is 0. The summed E-state index contributed by atoms with van der Waals surface area (Å²) >= 11 is 2.72. The number of fused-ring (bicyclic) bond motifs is 1. The largest absolute Gasteiger partial charge is 0.497 e. The number of hydrogen-bond donors (Lipinski definition) is 2. The number of thiophene rings is 1. The quantitative estimate of drug-likeness (QED) is 0.779. The number of ether oxygens (including phenoxy) is 1. The van der Waals surface area contributed by atoms with Crippen LogP contribution in [0.15, 0.2) is 30.3 Å².